The number of carbonyl (C=O) groups excluding carboxylic acids is 1. The molecule has 4 heteroatoms. The highest BCUT2D eigenvalue weighted by molar-refractivity contribution is 5.83. The zero-order chi connectivity index (χ0) is 12.0. The average molecular weight is 224 g/mol. The van der Waals surface area contributed by atoms with Gasteiger partial charge in [0.2, 0.25) is 6.29 Å². The van der Waals surface area contributed by atoms with Gasteiger partial charge in [0.15, 0.2) is 5.78 Å². The van der Waals surface area contributed by atoms with Crippen LogP contribution in [0.15, 0.2) is 24.3 Å². The molecule has 1 atom stereocenters. The zero-order valence-corrected chi connectivity index (χ0v) is 9.47. The Balaban J connectivity index is 2.55. The minimum absolute atomic E-state index is 0.158. The van der Waals surface area contributed by atoms with Crippen LogP contribution in [0.4, 0.5) is 0 Å². The lowest BCUT2D eigenvalue weighted by Gasteiger charge is -2.09. The number of carbonyl (C=O) groups is 1. The molecule has 0 aliphatic heterocycles. The first kappa shape index (κ1) is 12.7. The number of benzene rings is 1. The Kier molecular flexibility index (Phi) is 4.95. The van der Waals surface area contributed by atoms with Gasteiger partial charge in [-0.1, -0.05) is 12.1 Å². The normalized spacial score (nSPS) is 12.2. The van der Waals surface area contributed by atoms with Gasteiger partial charge in [-0.15, -0.1) is 0 Å². The molecule has 0 heterocycles. The number of ether oxygens (including phenoxy) is 2. The van der Waals surface area contributed by atoms with Gasteiger partial charge in [-0.05, 0) is 24.6 Å². The van der Waals surface area contributed by atoms with Gasteiger partial charge in [-0.25, -0.2) is 0 Å². The molecule has 16 heavy (non-hydrogen) atoms. The minimum atomic E-state index is -1.33. The van der Waals surface area contributed by atoms with Crippen LogP contribution in [0.5, 0.6) is 5.75 Å². The van der Waals surface area contributed by atoms with Crippen molar-refractivity contribution in [2.24, 2.45) is 0 Å². The molecule has 88 valence electrons. The Labute approximate surface area is 94.8 Å². The van der Waals surface area contributed by atoms with Crippen molar-refractivity contribution in [3.05, 3.63) is 29.8 Å². The molecule has 0 aromatic heterocycles. The number of methoxy groups -OCH3 is 1. The predicted octanol–water partition coefficient (Wildman–Crippen LogP) is 1.16. The van der Waals surface area contributed by atoms with E-state index in [0.29, 0.717) is 6.61 Å². The van der Waals surface area contributed by atoms with E-state index in [1.54, 1.807) is 38.3 Å². The fourth-order valence-electron chi connectivity index (χ4n) is 1.28. The number of rotatable bonds is 6. The average Bonchev–Trinajstić information content (AvgIpc) is 2.30. The Morgan fingerprint density at radius 3 is 2.50 bits per heavy atom. The van der Waals surface area contributed by atoms with Gasteiger partial charge in [-0.2, -0.15) is 0 Å². The van der Waals surface area contributed by atoms with Gasteiger partial charge in [0, 0.05) is 13.0 Å². The first-order valence-electron chi connectivity index (χ1n) is 5.12. The van der Waals surface area contributed by atoms with Crippen molar-refractivity contribution in [3.8, 4) is 5.75 Å². The van der Waals surface area contributed by atoms with Crippen LogP contribution < -0.4 is 4.74 Å². The van der Waals surface area contributed by atoms with E-state index in [1.165, 1.54) is 0 Å². The van der Waals surface area contributed by atoms with E-state index in [9.17, 15) is 9.90 Å². The Morgan fingerprint density at radius 2 is 2.00 bits per heavy atom. The largest absolute Gasteiger partial charge is 0.497 e. The monoisotopic (exact) mass is 224 g/mol. The van der Waals surface area contributed by atoms with E-state index in [2.05, 4.69) is 0 Å². The van der Waals surface area contributed by atoms with E-state index < -0.39 is 6.29 Å². The molecule has 4 nitrogen and oxygen atoms in total. The fraction of sp³-hybridized carbons (Fsp3) is 0.417. The molecule has 1 N–H and O–H groups in total. The van der Waals surface area contributed by atoms with Crippen molar-refractivity contribution in [2.75, 3.05) is 13.7 Å². The molecular weight excluding hydrogens is 208 g/mol. The van der Waals surface area contributed by atoms with E-state index in [1.807, 2.05) is 0 Å². The van der Waals surface area contributed by atoms with E-state index >= 15 is 0 Å². The summed E-state index contributed by atoms with van der Waals surface area (Å²) < 4.78 is 9.80. The lowest BCUT2D eigenvalue weighted by molar-refractivity contribution is -0.154. The third kappa shape index (κ3) is 3.64. The van der Waals surface area contributed by atoms with Crippen LogP contribution in [0, 0.1) is 0 Å². The molecule has 1 unspecified atom stereocenters. The van der Waals surface area contributed by atoms with Gasteiger partial charge in [0.25, 0.3) is 0 Å². The molecular formula is C12H16O4. The summed E-state index contributed by atoms with van der Waals surface area (Å²) in [6, 6.07) is 7.12. The second-order valence-corrected chi connectivity index (χ2v) is 3.30. The van der Waals surface area contributed by atoms with E-state index in [0.717, 1.165) is 11.3 Å². The lowest BCUT2D eigenvalue weighted by atomic mass is 10.1. The van der Waals surface area contributed by atoms with Crippen LogP contribution in [0.25, 0.3) is 0 Å². The van der Waals surface area contributed by atoms with Crippen LogP contribution in [0.2, 0.25) is 0 Å². The summed E-state index contributed by atoms with van der Waals surface area (Å²) in [5.74, 6) is 0.397. The topological polar surface area (TPSA) is 55.8 Å². The highest BCUT2D eigenvalue weighted by Gasteiger charge is 2.14. The maximum atomic E-state index is 11.5. The number of hydrogen-bond acceptors (Lipinski definition) is 4. The van der Waals surface area contributed by atoms with Crippen LogP contribution in [0.1, 0.15) is 12.5 Å². The van der Waals surface area contributed by atoms with Crippen molar-refractivity contribution in [2.45, 2.75) is 19.6 Å². The second kappa shape index (κ2) is 6.25. The van der Waals surface area contributed by atoms with E-state index in [4.69, 9.17) is 9.47 Å². The number of Topliss-reactive ketones (excluding diaryl/α,β-unsaturated/α-hetero) is 1. The van der Waals surface area contributed by atoms with Crippen LogP contribution >= 0.6 is 0 Å². The first-order valence-corrected chi connectivity index (χ1v) is 5.12. The third-order valence-corrected chi connectivity index (χ3v) is 2.14. The highest BCUT2D eigenvalue weighted by atomic mass is 16.6. The lowest BCUT2D eigenvalue weighted by Crippen LogP contribution is -2.25. The summed E-state index contributed by atoms with van der Waals surface area (Å²) in [5, 5.41) is 9.28. The van der Waals surface area contributed by atoms with E-state index in [-0.39, 0.29) is 12.2 Å². The zero-order valence-electron chi connectivity index (χ0n) is 9.47. The van der Waals surface area contributed by atoms with Gasteiger partial charge >= 0.3 is 0 Å². The Hall–Kier alpha value is -1.39. The summed E-state index contributed by atoms with van der Waals surface area (Å²) in [4.78, 5) is 11.5. The molecule has 0 spiro atoms. The smallest absolute Gasteiger partial charge is 0.215 e. The summed E-state index contributed by atoms with van der Waals surface area (Å²) in [5.41, 5.74) is 0.824. The molecule has 0 radical (unpaired) electrons. The highest BCUT2D eigenvalue weighted by Crippen LogP contribution is 2.12. The SMILES string of the molecule is CCOC(O)C(=O)Cc1ccc(OC)cc1. The van der Waals surface area contributed by atoms with Crippen LogP contribution in [0.3, 0.4) is 0 Å². The third-order valence-electron chi connectivity index (χ3n) is 2.14. The quantitative estimate of drug-likeness (QED) is 0.737. The van der Waals surface area contributed by atoms with Crippen molar-refractivity contribution in [1.82, 2.24) is 0 Å². The molecule has 0 saturated heterocycles. The number of hydrogen-bond donors (Lipinski definition) is 1. The van der Waals surface area contributed by atoms with Crippen molar-refractivity contribution < 1.29 is 19.4 Å². The maximum Gasteiger partial charge on any atom is 0.215 e. The fourth-order valence-corrected chi connectivity index (χ4v) is 1.28. The number of aliphatic hydroxyl groups is 1. The first-order chi connectivity index (χ1) is 7.67. The molecule has 0 bridgehead atoms. The number of aliphatic hydroxyl groups excluding tert-OH is 1. The van der Waals surface area contributed by atoms with Crippen molar-refractivity contribution in [1.29, 1.82) is 0 Å². The van der Waals surface area contributed by atoms with Crippen molar-refractivity contribution in [3.63, 3.8) is 0 Å². The molecule has 1 aromatic carbocycles. The molecule has 0 fully saturated rings. The molecule has 0 saturated carbocycles. The van der Waals surface area contributed by atoms with Crippen LogP contribution in [-0.2, 0) is 16.0 Å². The standard InChI is InChI=1S/C12H16O4/c1-3-16-12(14)11(13)8-9-4-6-10(15-2)7-5-9/h4-7,12,14H,3,8H2,1-2H3. The molecule has 0 amide bonds. The summed E-state index contributed by atoms with van der Waals surface area (Å²) in [7, 11) is 1.58. The molecule has 1 aromatic rings. The predicted molar refractivity (Wildman–Crippen MR) is 59.3 cm³/mol. The number of ketones is 1. The summed E-state index contributed by atoms with van der Waals surface area (Å²) in [6.45, 7) is 2.04. The molecule has 0 aliphatic carbocycles. The van der Waals surface area contributed by atoms with Gasteiger partial charge in [0.1, 0.15) is 5.75 Å². The Bertz CT molecular complexity index is 331. The Morgan fingerprint density at radius 1 is 1.38 bits per heavy atom. The second-order valence-electron chi connectivity index (χ2n) is 3.30. The minimum Gasteiger partial charge on any atom is -0.497 e. The van der Waals surface area contributed by atoms with Gasteiger partial charge < -0.3 is 14.6 Å². The summed E-state index contributed by atoms with van der Waals surface area (Å²) >= 11 is 0. The maximum absolute atomic E-state index is 11.5. The molecule has 0 aliphatic rings. The van der Waals surface area contributed by atoms with Gasteiger partial charge in [-0.3, -0.25) is 4.79 Å². The summed E-state index contributed by atoms with van der Waals surface area (Å²) in [6.07, 6.45) is -1.17. The van der Waals surface area contributed by atoms with Gasteiger partial charge in [0.05, 0.1) is 7.11 Å². The van der Waals surface area contributed by atoms with Crippen LogP contribution in [-0.4, -0.2) is 30.9 Å². The van der Waals surface area contributed by atoms with Crippen molar-refractivity contribution >= 4 is 5.78 Å². The molecule has 1 rings (SSSR count).